The molecular weight excluding hydrogens is 470 g/mol. The molecule has 0 amide bonds. The first-order valence-corrected chi connectivity index (χ1v) is 13.8. The van der Waals surface area contributed by atoms with E-state index in [1.807, 2.05) is 30.6 Å². The number of pyridine rings is 1. The summed E-state index contributed by atoms with van der Waals surface area (Å²) in [7, 11) is 0. The van der Waals surface area contributed by atoms with Gasteiger partial charge in [0.25, 0.3) is 0 Å². The Morgan fingerprint density at radius 1 is 0.949 bits per heavy atom. The average molecular weight is 512 g/mol. The smallest absolute Gasteiger partial charge is 0.0346 e. The summed E-state index contributed by atoms with van der Waals surface area (Å²) in [5.41, 5.74) is 10.9. The lowest BCUT2D eigenvalue weighted by Crippen LogP contribution is -2.03. The van der Waals surface area contributed by atoms with E-state index in [0.717, 1.165) is 42.4 Å². The molecule has 0 atom stereocenters. The minimum absolute atomic E-state index is 0.801. The van der Waals surface area contributed by atoms with Crippen molar-refractivity contribution in [1.82, 2.24) is 4.98 Å². The maximum atomic E-state index is 4.39. The van der Waals surface area contributed by atoms with Crippen molar-refractivity contribution in [2.24, 2.45) is 0 Å². The zero-order chi connectivity index (χ0) is 27.9. The van der Waals surface area contributed by atoms with Crippen LogP contribution in [0.5, 0.6) is 0 Å². The average Bonchev–Trinajstić information content (AvgIpc) is 2.96. The van der Waals surface area contributed by atoms with Crippen LogP contribution in [0.3, 0.4) is 0 Å². The summed E-state index contributed by atoms with van der Waals surface area (Å²) < 4.78 is 0. The van der Waals surface area contributed by atoms with E-state index >= 15 is 0 Å². The van der Waals surface area contributed by atoms with Gasteiger partial charge in [0.2, 0.25) is 0 Å². The molecule has 0 saturated carbocycles. The summed E-state index contributed by atoms with van der Waals surface area (Å²) in [6, 6.07) is 14.8. The minimum atomic E-state index is 0.801. The summed E-state index contributed by atoms with van der Waals surface area (Å²) >= 11 is 0. The van der Waals surface area contributed by atoms with Crippen LogP contribution in [0.25, 0.3) is 5.57 Å². The summed E-state index contributed by atoms with van der Waals surface area (Å²) in [4.78, 5) is 4.33. The van der Waals surface area contributed by atoms with E-state index in [1.54, 1.807) is 0 Å². The molecule has 198 valence electrons. The predicted molar refractivity (Wildman–Crippen MR) is 171 cm³/mol. The highest BCUT2D eigenvalue weighted by atomic mass is 14.6. The molecule has 1 nitrogen and oxygen atoms in total. The van der Waals surface area contributed by atoms with Gasteiger partial charge in [0.05, 0.1) is 0 Å². The monoisotopic (exact) mass is 511 g/mol. The maximum Gasteiger partial charge on any atom is 0.0346 e. The molecule has 1 aliphatic rings. The third-order valence-corrected chi connectivity index (χ3v) is 6.62. The van der Waals surface area contributed by atoms with E-state index in [4.69, 9.17) is 0 Å². The van der Waals surface area contributed by atoms with Gasteiger partial charge in [-0.25, -0.2) is 0 Å². The summed E-state index contributed by atoms with van der Waals surface area (Å²) in [6.45, 7) is 14.8. The van der Waals surface area contributed by atoms with Crippen LogP contribution < -0.4 is 0 Å². The van der Waals surface area contributed by atoms with Gasteiger partial charge in [-0.15, -0.1) is 0 Å². The molecule has 0 unspecified atom stereocenters. The number of rotatable bonds is 10. The highest BCUT2D eigenvalue weighted by Gasteiger charge is 2.17. The van der Waals surface area contributed by atoms with Gasteiger partial charge in [-0.05, 0) is 84.6 Å². The van der Waals surface area contributed by atoms with Crippen molar-refractivity contribution in [2.75, 3.05) is 0 Å². The second-order valence-electron chi connectivity index (χ2n) is 9.53. The van der Waals surface area contributed by atoms with E-state index in [2.05, 4.69) is 130 Å². The number of hydrogen-bond acceptors (Lipinski definition) is 1. The normalized spacial score (nSPS) is 17.6. The number of aromatic nitrogens is 1. The Morgan fingerprint density at radius 2 is 1.74 bits per heavy atom. The standard InChI is InChI=1S/C38H41N/c1-6-9-26-36(30(4)5)38(37(18-7-2)32(8-3)28-31-19-12-10-13-20-31)34-22-15-11-14-21-33(23-16-24-34)35-25-17-27-39-29-35/h6-7,9-10,12-15,17-27,29H,1,4,8,11,16,28H2,2-3,5H3/b18-7-,21-14-,22-15?,26-9-,33-23+,34-24?,37-32-,38-36-. The van der Waals surface area contributed by atoms with E-state index in [9.17, 15) is 0 Å². The Morgan fingerprint density at radius 3 is 2.41 bits per heavy atom. The molecule has 1 heteroatoms. The third kappa shape index (κ3) is 8.65. The lowest BCUT2D eigenvalue weighted by molar-refractivity contribution is 0.983. The van der Waals surface area contributed by atoms with Crippen molar-refractivity contribution >= 4 is 5.57 Å². The Bertz CT molecular complexity index is 1370. The van der Waals surface area contributed by atoms with Crippen LogP contribution in [0.2, 0.25) is 0 Å². The molecule has 0 fully saturated rings. The molecule has 1 aromatic heterocycles. The number of nitrogens with zero attached hydrogens (tertiary/aromatic N) is 1. The Labute approximate surface area is 236 Å². The van der Waals surface area contributed by atoms with Crippen molar-refractivity contribution in [3.05, 3.63) is 179 Å². The molecule has 0 spiro atoms. The minimum Gasteiger partial charge on any atom is -0.264 e. The SMILES string of the molecule is C=C\C=C/C(C(=C)C)=C(C1=CC/C=C(c2cccnc2)\C=C/CC=C1)/C(/C=C\C)=C(/CC)Cc1ccccc1. The van der Waals surface area contributed by atoms with Gasteiger partial charge in [0, 0.05) is 12.4 Å². The first-order chi connectivity index (χ1) is 19.1. The fraction of sp³-hybridized carbons (Fsp3) is 0.184. The van der Waals surface area contributed by atoms with Crippen molar-refractivity contribution in [2.45, 2.75) is 46.5 Å². The van der Waals surface area contributed by atoms with Crippen LogP contribution in [-0.2, 0) is 6.42 Å². The highest BCUT2D eigenvalue weighted by Crippen LogP contribution is 2.34. The maximum absolute atomic E-state index is 4.39. The zero-order valence-corrected chi connectivity index (χ0v) is 23.7. The van der Waals surface area contributed by atoms with Crippen LogP contribution in [0.1, 0.15) is 51.2 Å². The molecule has 0 saturated heterocycles. The van der Waals surface area contributed by atoms with Gasteiger partial charge in [-0.1, -0.05) is 134 Å². The van der Waals surface area contributed by atoms with Gasteiger partial charge in [0.1, 0.15) is 0 Å². The fourth-order valence-electron chi connectivity index (χ4n) is 4.71. The zero-order valence-electron chi connectivity index (χ0n) is 23.7. The van der Waals surface area contributed by atoms with E-state index < -0.39 is 0 Å². The van der Waals surface area contributed by atoms with E-state index in [0.29, 0.717) is 0 Å². The molecule has 3 rings (SSSR count). The highest BCUT2D eigenvalue weighted by molar-refractivity contribution is 5.74. The molecule has 2 aromatic rings. The quantitative estimate of drug-likeness (QED) is 0.289. The van der Waals surface area contributed by atoms with Gasteiger partial charge in [-0.2, -0.15) is 0 Å². The van der Waals surface area contributed by atoms with Gasteiger partial charge in [0.15, 0.2) is 0 Å². The summed E-state index contributed by atoms with van der Waals surface area (Å²) in [5.74, 6) is 0. The summed E-state index contributed by atoms with van der Waals surface area (Å²) in [6.07, 6.45) is 31.2. The summed E-state index contributed by atoms with van der Waals surface area (Å²) in [5, 5.41) is 0. The molecule has 0 N–H and O–H groups in total. The molecular formula is C38H41N. The van der Waals surface area contributed by atoms with E-state index in [-0.39, 0.29) is 0 Å². The van der Waals surface area contributed by atoms with Crippen molar-refractivity contribution in [3.8, 4) is 0 Å². The first kappa shape index (κ1) is 29.3. The lowest BCUT2D eigenvalue weighted by atomic mass is 9.83. The lowest BCUT2D eigenvalue weighted by Gasteiger charge is -2.21. The number of benzene rings is 1. The van der Waals surface area contributed by atoms with Crippen LogP contribution >= 0.6 is 0 Å². The van der Waals surface area contributed by atoms with Crippen molar-refractivity contribution in [3.63, 3.8) is 0 Å². The third-order valence-electron chi connectivity index (χ3n) is 6.62. The van der Waals surface area contributed by atoms with Crippen molar-refractivity contribution < 1.29 is 0 Å². The van der Waals surface area contributed by atoms with Gasteiger partial charge < -0.3 is 0 Å². The number of allylic oxidation sites excluding steroid dienone is 18. The molecule has 0 aliphatic heterocycles. The molecule has 39 heavy (non-hydrogen) atoms. The van der Waals surface area contributed by atoms with E-state index in [1.165, 1.54) is 33.4 Å². The van der Waals surface area contributed by atoms with Crippen LogP contribution in [0, 0.1) is 0 Å². The first-order valence-electron chi connectivity index (χ1n) is 13.8. The largest absolute Gasteiger partial charge is 0.264 e. The Balaban J connectivity index is 2.26. The number of hydrogen-bond donors (Lipinski definition) is 0. The predicted octanol–water partition coefficient (Wildman–Crippen LogP) is 10.4. The topological polar surface area (TPSA) is 12.9 Å². The second-order valence-corrected chi connectivity index (χ2v) is 9.53. The molecule has 0 bridgehead atoms. The molecule has 0 radical (unpaired) electrons. The second kappa shape index (κ2) is 15.9. The van der Waals surface area contributed by atoms with Gasteiger partial charge in [-0.3, -0.25) is 4.98 Å². The Kier molecular flexibility index (Phi) is 12.0. The fourth-order valence-corrected chi connectivity index (χ4v) is 4.71. The van der Waals surface area contributed by atoms with Gasteiger partial charge >= 0.3 is 0 Å². The van der Waals surface area contributed by atoms with Crippen LogP contribution in [-0.4, -0.2) is 4.98 Å². The van der Waals surface area contributed by atoms with Crippen LogP contribution in [0.4, 0.5) is 0 Å². The molecule has 1 aromatic carbocycles. The molecule has 1 aliphatic carbocycles. The van der Waals surface area contributed by atoms with Crippen molar-refractivity contribution in [1.29, 1.82) is 0 Å². The Hall–Kier alpha value is -4.23. The van der Waals surface area contributed by atoms with Crippen LogP contribution in [0.15, 0.2) is 168 Å². The molecule has 1 heterocycles.